The first-order valence-electron chi connectivity index (χ1n) is 8.82. The Balaban J connectivity index is 1.82. The van der Waals surface area contributed by atoms with E-state index >= 15 is 0 Å². The van der Waals surface area contributed by atoms with Crippen LogP contribution in [0.1, 0.15) is 11.1 Å². The van der Waals surface area contributed by atoms with Crippen molar-refractivity contribution in [2.75, 3.05) is 5.75 Å². The number of rotatable bonds is 5. The molecule has 0 aliphatic carbocycles. The van der Waals surface area contributed by atoms with Crippen LogP contribution >= 0.6 is 11.8 Å². The van der Waals surface area contributed by atoms with Gasteiger partial charge in [-0.3, -0.25) is 9.36 Å². The summed E-state index contributed by atoms with van der Waals surface area (Å²) in [6, 6.07) is 13.6. The van der Waals surface area contributed by atoms with Gasteiger partial charge in [-0.15, -0.1) is 0 Å². The van der Waals surface area contributed by atoms with E-state index < -0.39 is 0 Å². The molecule has 0 N–H and O–H groups in total. The van der Waals surface area contributed by atoms with Gasteiger partial charge >= 0.3 is 0 Å². The summed E-state index contributed by atoms with van der Waals surface area (Å²) in [6.07, 6.45) is 5.50. The summed E-state index contributed by atoms with van der Waals surface area (Å²) in [4.78, 5) is 22.2. The van der Waals surface area contributed by atoms with Crippen molar-refractivity contribution in [3.05, 3.63) is 82.7 Å². The fourth-order valence-corrected chi connectivity index (χ4v) is 4.02. The first kappa shape index (κ1) is 17.5. The number of hydrogen-bond acceptors (Lipinski definition) is 4. The summed E-state index contributed by atoms with van der Waals surface area (Å²) < 4.78 is 3.78. The molecular formula is C21H20N4OS. The number of aryl methyl sites for hydroxylation is 2. The van der Waals surface area contributed by atoms with Crippen LogP contribution in [0.4, 0.5) is 0 Å². The molecule has 0 spiro atoms. The molecule has 27 heavy (non-hydrogen) atoms. The number of hydrogen-bond donors (Lipinski definition) is 0. The third kappa shape index (κ3) is 3.40. The Hall–Kier alpha value is -2.86. The quantitative estimate of drug-likeness (QED) is 0.390. The minimum atomic E-state index is -0.0283. The van der Waals surface area contributed by atoms with E-state index in [1.807, 2.05) is 54.1 Å². The molecule has 0 saturated heterocycles. The normalized spacial score (nSPS) is 11.2. The summed E-state index contributed by atoms with van der Waals surface area (Å²) in [5.41, 5.74) is 3.84. The van der Waals surface area contributed by atoms with E-state index in [4.69, 9.17) is 4.98 Å². The fraction of sp³-hybridized carbons (Fsp3) is 0.190. The highest BCUT2D eigenvalue weighted by molar-refractivity contribution is 7.99. The lowest BCUT2D eigenvalue weighted by Gasteiger charge is -2.16. The van der Waals surface area contributed by atoms with Crippen molar-refractivity contribution < 1.29 is 0 Å². The van der Waals surface area contributed by atoms with Gasteiger partial charge < -0.3 is 4.57 Å². The molecule has 0 bridgehead atoms. The van der Waals surface area contributed by atoms with Crippen LogP contribution in [0.5, 0.6) is 0 Å². The number of benzene rings is 2. The van der Waals surface area contributed by atoms with E-state index in [-0.39, 0.29) is 5.56 Å². The standard InChI is InChI=1S/C21H20N4OS/c1-15-6-5-9-19(16(15)2)25-20(26)17-7-3-4-8-18(17)23-21(25)27-13-12-24-11-10-22-14-24/h3-11,14H,12-13H2,1-2H3. The molecule has 4 aromatic rings. The summed E-state index contributed by atoms with van der Waals surface area (Å²) >= 11 is 1.59. The lowest BCUT2D eigenvalue weighted by atomic mass is 10.1. The van der Waals surface area contributed by atoms with Gasteiger partial charge in [0.25, 0.3) is 5.56 Å². The van der Waals surface area contributed by atoms with Gasteiger partial charge in [-0.2, -0.15) is 0 Å². The van der Waals surface area contributed by atoms with E-state index in [0.29, 0.717) is 10.5 Å². The van der Waals surface area contributed by atoms with Gasteiger partial charge in [0, 0.05) is 24.7 Å². The number of thioether (sulfide) groups is 1. The minimum absolute atomic E-state index is 0.0283. The van der Waals surface area contributed by atoms with Crippen molar-refractivity contribution in [1.82, 2.24) is 19.1 Å². The van der Waals surface area contributed by atoms with Gasteiger partial charge in [-0.25, -0.2) is 9.97 Å². The second-order valence-corrected chi connectivity index (χ2v) is 7.48. The lowest BCUT2D eigenvalue weighted by molar-refractivity contribution is 0.762. The fourth-order valence-electron chi connectivity index (χ4n) is 3.06. The third-order valence-electron chi connectivity index (χ3n) is 4.70. The Morgan fingerprint density at radius 3 is 2.74 bits per heavy atom. The topological polar surface area (TPSA) is 52.7 Å². The van der Waals surface area contributed by atoms with Crippen molar-refractivity contribution in [1.29, 1.82) is 0 Å². The van der Waals surface area contributed by atoms with Crippen LogP contribution in [0, 0.1) is 13.8 Å². The van der Waals surface area contributed by atoms with Gasteiger partial charge in [0.15, 0.2) is 5.16 Å². The molecule has 136 valence electrons. The van der Waals surface area contributed by atoms with Crippen LogP contribution in [-0.2, 0) is 6.54 Å². The van der Waals surface area contributed by atoms with Crippen LogP contribution in [0.2, 0.25) is 0 Å². The van der Waals surface area contributed by atoms with E-state index in [1.54, 1.807) is 28.9 Å². The Kier molecular flexibility index (Phi) is 4.81. The molecule has 5 nitrogen and oxygen atoms in total. The summed E-state index contributed by atoms with van der Waals surface area (Å²) in [6.45, 7) is 4.91. The van der Waals surface area contributed by atoms with E-state index in [0.717, 1.165) is 34.6 Å². The van der Waals surface area contributed by atoms with E-state index in [9.17, 15) is 4.79 Å². The molecule has 2 aromatic heterocycles. The molecule has 0 unspecified atom stereocenters. The van der Waals surface area contributed by atoms with Crippen molar-refractivity contribution in [2.24, 2.45) is 0 Å². The lowest BCUT2D eigenvalue weighted by Crippen LogP contribution is -2.23. The molecule has 0 saturated carbocycles. The monoisotopic (exact) mass is 376 g/mol. The highest BCUT2D eigenvalue weighted by Gasteiger charge is 2.15. The Morgan fingerprint density at radius 2 is 1.93 bits per heavy atom. The molecule has 4 rings (SSSR count). The van der Waals surface area contributed by atoms with Gasteiger partial charge in [0.2, 0.25) is 0 Å². The molecule has 0 aliphatic rings. The van der Waals surface area contributed by atoms with Gasteiger partial charge in [0.05, 0.1) is 22.9 Å². The molecule has 0 atom stereocenters. The maximum Gasteiger partial charge on any atom is 0.266 e. The summed E-state index contributed by atoms with van der Waals surface area (Å²) in [7, 11) is 0. The Labute approximate surface area is 161 Å². The van der Waals surface area contributed by atoms with E-state index in [1.165, 1.54) is 0 Å². The summed E-state index contributed by atoms with van der Waals surface area (Å²) in [5.74, 6) is 0.798. The Morgan fingerprint density at radius 1 is 1.07 bits per heavy atom. The maximum atomic E-state index is 13.3. The van der Waals surface area contributed by atoms with Gasteiger partial charge in [-0.1, -0.05) is 36.0 Å². The number of nitrogens with zero attached hydrogens (tertiary/aromatic N) is 4. The molecule has 0 amide bonds. The zero-order valence-electron chi connectivity index (χ0n) is 15.3. The molecule has 0 radical (unpaired) electrons. The van der Waals surface area contributed by atoms with Gasteiger partial charge in [-0.05, 0) is 43.2 Å². The van der Waals surface area contributed by atoms with Crippen LogP contribution < -0.4 is 5.56 Å². The average molecular weight is 376 g/mol. The number of aromatic nitrogens is 4. The largest absolute Gasteiger partial charge is 0.337 e. The average Bonchev–Trinajstić information content (AvgIpc) is 3.18. The number of para-hydroxylation sites is 1. The maximum absolute atomic E-state index is 13.3. The summed E-state index contributed by atoms with van der Waals surface area (Å²) in [5, 5.41) is 1.35. The van der Waals surface area contributed by atoms with Crippen LogP contribution in [0.15, 0.2) is 71.1 Å². The predicted octanol–water partition coefficient (Wildman–Crippen LogP) is 3.99. The molecule has 2 heterocycles. The van der Waals surface area contributed by atoms with Crippen LogP contribution in [0.3, 0.4) is 0 Å². The van der Waals surface area contributed by atoms with Crippen molar-refractivity contribution in [3.63, 3.8) is 0 Å². The van der Waals surface area contributed by atoms with E-state index in [2.05, 4.69) is 18.0 Å². The minimum Gasteiger partial charge on any atom is -0.337 e. The molecule has 6 heteroatoms. The Bertz CT molecular complexity index is 1150. The smallest absolute Gasteiger partial charge is 0.266 e. The van der Waals surface area contributed by atoms with Crippen LogP contribution in [0.25, 0.3) is 16.6 Å². The molecule has 0 aliphatic heterocycles. The second-order valence-electron chi connectivity index (χ2n) is 6.42. The third-order valence-corrected chi connectivity index (χ3v) is 5.62. The first-order chi connectivity index (χ1) is 13.1. The van der Waals surface area contributed by atoms with Crippen LogP contribution in [-0.4, -0.2) is 24.9 Å². The van der Waals surface area contributed by atoms with Crippen molar-refractivity contribution in [3.8, 4) is 5.69 Å². The first-order valence-corrected chi connectivity index (χ1v) is 9.80. The zero-order valence-corrected chi connectivity index (χ0v) is 16.1. The van der Waals surface area contributed by atoms with Gasteiger partial charge in [0.1, 0.15) is 0 Å². The number of imidazole rings is 1. The molecule has 2 aromatic carbocycles. The van der Waals surface area contributed by atoms with Crippen molar-refractivity contribution >= 4 is 22.7 Å². The highest BCUT2D eigenvalue weighted by Crippen LogP contribution is 2.24. The number of fused-ring (bicyclic) bond motifs is 1. The SMILES string of the molecule is Cc1cccc(-n2c(SCCn3ccnc3)nc3ccccc3c2=O)c1C. The molecule has 0 fully saturated rings. The zero-order chi connectivity index (χ0) is 18.8. The second kappa shape index (κ2) is 7.40. The van der Waals surface area contributed by atoms with Crippen molar-refractivity contribution in [2.45, 2.75) is 25.5 Å². The highest BCUT2D eigenvalue weighted by atomic mass is 32.2. The predicted molar refractivity (Wildman–Crippen MR) is 110 cm³/mol. The molecular weight excluding hydrogens is 356 g/mol.